The molecule has 0 radical (unpaired) electrons. The van der Waals surface area contributed by atoms with Gasteiger partial charge in [-0.15, -0.1) is 11.6 Å². The summed E-state index contributed by atoms with van der Waals surface area (Å²) in [6.45, 7) is 3.91. The fourth-order valence-electron chi connectivity index (χ4n) is 0.756. The molecular formula is C7H15ClN2O3S. The molecule has 0 aliphatic carbocycles. The lowest BCUT2D eigenvalue weighted by molar-refractivity contribution is -0.122. The quantitative estimate of drug-likeness (QED) is 0.645. The summed E-state index contributed by atoms with van der Waals surface area (Å²) in [5, 5.41) is 2.03. The fourth-order valence-corrected chi connectivity index (χ4v) is 1.65. The van der Waals surface area contributed by atoms with E-state index in [0.717, 1.165) is 6.42 Å². The van der Waals surface area contributed by atoms with Crippen LogP contribution in [0.3, 0.4) is 0 Å². The molecule has 2 N–H and O–H groups in total. The van der Waals surface area contributed by atoms with Crippen molar-refractivity contribution < 1.29 is 13.2 Å². The maximum atomic E-state index is 11.2. The third kappa shape index (κ3) is 5.41. The number of sulfonamides is 1. The molecule has 1 unspecified atom stereocenters. The number of amides is 1. The number of carbonyl (C=O) groups is 1. The summed E-state index contributed by atoms with van der Waals surface area (Å²) >= 11 is 5.16. The Bertz CT molecular complexity index is 279. The predicted octanol–water partition coefficient (Wildman–Crippen LogP) is 0.0168. The van der Waals surface area contributed by atoms with Gasteiger partial charge < -0.3 is 5.32 Å². The molecule has 0 aliphatic heterocycles. The van der Waals surface area contributed by atoms with Crippen molar-refractivity contribution >= 4 is 27.5 Å². The second-order valence-electron chi connectivity index (χ2n) is 2.85. The molecule has 0 bridgehead atoms. The number of nitrogens with one attached hydrogen (secondary N) is 2. The molecule has 0 saturated heterocycles. The summed E-state index contributed by atoms with van der Waals surface area (Å²) in [6.07, 6.45) is 0.806. The van der Waals surface area contributed by atoms with Crippen LogP contribution in [0.4, 0.5) is 0 Å². The summed E-state index contributed by atoms with van der Waals surface area (Å²) in [7, 11) is -3.53. The minimum Gasteiger partial charge on any atom is -0.355 e. The molecule has 1 amide bonds. The number of hydrogen-bond acceptors (Lipinski definition) is 3. The molecule has 14 heavy (non-hydrogen) atoms. The van der Waals surface area contributed by atoms with Gasteiger partial charge in [0.25, 0.3) is 0 Å². The van der Waals surface area contributed by atoms with Gasteiger partial charge in [0.1, 0.15) is 5.21 Å². The zero-order valence-corrected chi connectivity index (χ0v) is 9.78. The average Bonchev–Trinajstić information content (AvgIpc) is 2.13. The van der Waals surface area contributed by atoms with E-state index in [1.165, 1.54) is 6.92 Å². The first-order valence-electron chi connectivity index (χ1n) is 4.26. The Hall–Kier alpha value is -0.330. The standard InChI is InChI=1S/C7H15ClN2O3S/c1-3-4-9-7(11)6(2)10-14(12,13)5-8/h6,10H,3-5H2,1-2H3,(H,9,11). The van der Waals surface area contributed by atoms with Crippen LogP contribution in [0.2, 0.25) is 0 Å². The Morgan fingerprint density at radius 2 is 2.07 bits per heavy atom. The highest BCUT2D eigenvalue weighted by atomic mass is 35.5. The molecule has 0 spiro atoms. The van der Waals surface area contributed by atoms with Crippen molar-refractivity contribution in [2.24, 2.45) is 0 Å². The zero-order valence-electron chi connectivity index (χ0n) is 8.21. The van der Waals surface area contributed by atoms with Gasteiger partial charge in [-0.25, -0.2) is 13.1 Å². The molecule has 0 aromatic heterocycles. The van der Waals surface area contributed by atoms with Gasteiger partial charge in [-0.2, -0.15) is 0 Å². The molecule has 0 saturated carbocycles. The minimum absolute atomic E-state index is 0.347. The van der Waals surface area contributed by atoms with E-state index < -0.39 is 21.3 Å². The Morgan fingerprint density at radius 1 is 1.50 bits per heavy atom. The zero-order chi connectivity index (χ0) is 11.2. The fraction of sp³-hybridized carbons (Fsp3) is 0.857. The molecule has 1 atom stereocenters. The van der Waals surface area contributed by atoms with Crippen LogP contribution in [-0.2, 0) is 14.8 Å². The van der Waals surface area contributed by atoms with E-state index in [4.69, 9.17) is 11.6 Å². The van der Waals surface area contributed by atoms with E-state index in [1.807, 2.05) is 6.92 Å². The second kappa shape index (κ2) is 6.21. The van der Waals surface area contributed by atoms with Gasteiger partial charge in [0, 0.05) is 6.54 Å². The van der Waals surface area contributed by atoms with Crippen LogP contribution in [0.1, 0.15) is 20.3 Å². The lowest BCUT2D eigenvalue weighted by atomic mass is 10.3. The van der Waals surface area contributed by atoms with Crippen molar-refractivity contribution in [3.63, 3.8) is 0 Å². The van der Waals surface area contributed by atoms with Crippen molar-refractivity contribution in [1.29, 1.82) is 0 Å². The van der Waals surface area contributed by atoms with Crippen molar-refractivity contribution in [2.45, 2.75) is 26.3 Å². The molecule has 0 aromatic rings. The summed E-state index contributed by atoms with van der Waals surface area (Å²) in [5.74, 6) is -0.347. The van der Waals surface area contributed by atoms with Crippen molar-refractivity contribution in [1.82, 2.24) is 10.0 Å². The normalized spacial score (nSPS) is 13.6. The summed E-state index contributed by atoms with van der Waals surface area (Å²) < 4.78 is 24.1. The highest BCUT2D eigenvalue weighted by Gasteiger charge is 2.18. The van der Waals surface area contributed by atoms with E-state index in [2.05, 4.69) is 10.0 Å². The van der Waals surface area contributed by atoms with Gasteiger partial charge in [-0.05, 0) is 13.3 Å². The van der Waals surface area contributed by atoms with E-state index in [9.17, 15) is 13.2 Å². The first-order valence-corrected chi connectivity index (χ1v) is 6.45. The van der Waals surface area contributed by atoms with Crippen molar-refractivity contribution in [3.05, 3.63) is 0 Å². The molecular weight excluding hydrogens is 228 g/mol. The Morgan fingerprint density at radius 3 is 2.50 bits per heavy atom. The largest absolute Gasteiger partial charge is 0.355 e. The van der Waals surface area contributed by atoms with Crippen LogP contribution in [0, 0.1) is 0 Å². The lowest BCUT2D eigenvalue weighted by Crippen LogP contribution is -2.45. The van der Waals surface area contributed by atoms with Gasteiger partial charge in [-0.1, -0.05) is 6.92 Å². The Labute approximate surface area is 89.3 Å². The Balaban J connectivity index is 4.08. The van der Waals surface area contributed by atoms with Gasteiger partial charge in [0.2, 0.25) is 15.9 Å². The van der Waals surface area contributed by atoms with E-state index in [-0.39, 0.29) is 5.91 Å². The number of alkyl halides is 1. The highest BCUT2D eigenvalue weighted by molar-refractivity contribution is 7.90. The van der Waals surface area contributed by atoms with Crippen LogP contribution in [-0.4, -0.2) is 32.1 Å². The van der Waals surface area contributed by atoms with Crippen molar-refractivity contribution in [2.75, 3.05) is 11.8 Å². The third-order valence-corrected chi connectivity index (χ3v) is 3.30. The molecule has 0 aliphatic rings. The number of carbonyl (C=O) groups excluding carboxylic acids is 1. The van der Waals surface area contributed by atoms with Crippen LogP contribution < -0.4 is 10.0 Å². The van der Waals surface area contributed by atoms with E-state index >= 15 is 0 Å². The van der Waals surface area contributed by atoms with Crippen LogP contribution in [0.25, 0.3) is 0 Å². The molecule has 0 rings (SSSR count). The van der Waals surface area contributed by atoms with E-state index in [1.54, 1.807) is 0 Å². The van der Waals surface area contributed by atoms with Gasteiger partial charge in [-0.3, -0.25) is 4.79 Å². The van der Waals surface area contributed by atoms with Crippen molar-refractivity contribution in [3.8, 4) is 0 Å². The lowest BCUT2D eigenvalue weighted by Gasteiger charge is -2.12. The molecule has 5 nitrogen and oxygen atoms in total. The molecule has 7 heteroatoms. The number of hydrogen-bond donors (Lipinski definition) is 2. The molecule has 84 valence electrons. The van der Waals surface area contributed by atoms with Gasteiger partial charge in [0.05, 0.1) is 6.04 Å². The molecule has 0 heterocycles. The monoisotopic (exact) mass is 242 g/mol. The topological polar surface area (TPSA) is 75.3 Å². The first-order chi connectivity index (χ1) is 6.43. The highest BCUT2D eigenvalue weighted by Crippen LogP contribution is 1.92. The maximum absolute atomic E-state index is 11.2. The minimum atomic E-state index is -3.53. The smallest absolute Gasteiger partial charge is 0.237 e. The molecule has 0 aromatic carbocycles. The summed E-state index contributed by atoms with van der Waals surface area (Å²) in [5.41, 5.74) is 0. The number of halogens is 1. The summed E-state index contributed by atoms with van der Waals surface area (Å²) in [6, 6.07) is -0.787. The van der Waals surface area contributed by atoms with Gasteiger partial charge >= 0.3 is 0 Å². The number of rotatable bonds is 6. The van der Waals surface area contributed by atoms with Gasteiger partial charge in [0.15, 0.2) is 0 Å². The second-order valence-corrected chi connectivity index (χ2v) is 5.19. The average molecular weight is 243 g/mol. The maximum Gasteiger partial charge on any atom is 0.237 e. The Kier molecular flexibility index (Phi) is 6.06. The predicted molar refractivity (Wildman–Crippen MR) is 55.5 cm³/mol. The molecule has 0 fully saturated rings. The van der Waals surface area contributed by atoms with Crippen LogP contribution >= 0.6 is 11.6 Å². The summed E-state index contributed by atoms with van der Waals surface area (Å²) in [4.78, 5) is 11.2. The van der Waals surface area contributed by atoms with E-state index in [0.29, 0.717) is 6.54 Å². The SMILES string of the molecule is CCCNC(=O)C(C)NS(=O)(=O)CCl. The third-order valence-electron chi connectivity index (χ3n) is 1.44. The first kappa shape index (κ1) is 13.7. The van der Waals surface area contributed by atoms with Crippen LogP contribution in [0.5, 0.6) is 0 Å². The van der Waals surface area contributed by atoms with Crippen LogP contribution in [0.15, 0.2) is 0 Å².